The van der Waals surface area contributed by atoms with E-state index in [1.54, 1.807) is 0 Å². The molecule has 0 aromatic carbocycles. The van der Waals surface area contributed by atoms with Crippen LogP contribution in [0.2, 0.25) is 0 Å². The Balaban J connectivity index is 1.84. The SMILES string of the molecule is CCCOCCC(=O)N(CCC)C1CC2CCC(C1)N2. The van der Waals surface area contributed by atoms with Gasteiger partial charge in [-0.25, -0.2) is 0 Å². The Kier molecular flexibility index (Phi) is 6.30. The van der Waals surface area contributed by atoms with Gasteiger partial charge in [0.15, 0.2) is 0 Å². The minimum atomic E-state index is 0.286. The first-order valence-corrected chi connectivity index (χ1v) is 8.37. The van der Waals surface area contributed by atoms with Crippen LogP contribution in [-0.4, -0.2) is 48.7 Å². The maximum atomic E-state index is 12.5. The van der Waals surface area contributed by atoms with Crippen molar-refractivity contribution in [1.82, 2.24) is 10.2 Å². The number of ether oxygens (including phenoxy) is 1. The summed E-state index contributed by atoms with van der Waals surface area (Å²) in [7, 11) is 0. The first-order chi connectivity index (χ1) is 9.74. The maximum Gasteiger partial charge on any atom is 0.225 e. The molecule has 2 bridgehead atoms. The molecule has 1 amide bonds. The Bertz CT molecular complexity index is 297. The predicted octanol–water partition coefficient (Wildman–Crippen LogP) is 2.32. The molecule has 0 aromatic heterocycles. The molecular formula is C16H30N2O2. The maximum absolute atomic E-state index is 12.5. The van der Waals surface area contributed by atoms with Gasteiger partial charge in [-0.2, -0.15) is 0 Å². The van der Waals surface area contributed by atoms with E-state index >= 15 is 0 Å². The molecule has 2 saturated heterocycles. The second-order valence-corrected chi connectivity index (χ2v) is 6.21. The van der Waals surface area contributed by atoms with E-state index in [4.69, 9.17) is 4.74 Å². The number of fused-ring (bicyclic) bond motifs is 2. The molecule has 2 aliphatic heterocycles. The van der Waals surface area contributed by atoms with Crippen molar-refractivity contribution in [3.05, 3.63) is 0 Å². The van der Waals surface area contributed by atoms with Gasteiger partial charge in [-0.05, 0) is 38.5 Å². The summed E-state index contributed by atoms with van der Waals surface area (Å²) in [4.78, 5) is 14.6. The van der Waals surface area contributed by atoms with Crippen molar-refractivity contribution < 1.29 is 9.53 Å². The van der Waals surface area contributed by atoms with Gasteiger partial charge in [-0.3, -0.25) is 4.79 Å². The van der Waals surface area contributed by atoms with Crippen LogP contribution in [0.15, 0.2) is 0 Å². The van der Waals surface area contributed by atoms with Gasteiger partial charge >= 0.3 is 0 Å². The molecule has 2 atom stereocenters. The molecule has 2 unspecified atom stereocenters. The monoisotopic (exact) mass is 282 g/mol. The fourth-order valence-corrected chi connectivity index (χ4v) is 3.58. The number of nitrogens with zero attached hydrogens (tertiary/aromatic N) is 1. The second kappa shape index (κ2) is 7.99. The van der Waals surface area contributed by atoms with E-state index < -0.39 is 0 Å². The van der Waals surface area contributed by atoms with Gasteiger partial charge in [-0.1, -0.05) is 13.8 Å². The molecule has 2 aliphatic rings. The van der Waals surface area contributed by atoms with Crippen molar-refractivity contribution in [1.29, 1.82) is 0 Å². The van der Waals surface area contributed by atoms with Crippen LogP contribution in [0, 0.1) is 0 Å². The lowest BCUT2D eigenvalue weighted by Crippen LogP contribution is -2.50. The van der Waals surface area contributed by atoms with Crippen LogP contribution in [0.1, 0.15) is 58.8 Å². The molecule has 4 heteroatoms. The molecule has 0 aliphatic carbocycles. The summed E-state index contributed by atoms with van der Waals surface area (Å²) in [6.07, 6.45) is 7.45. The summed E-state index contributed by atoms with van der Waals surface area (Å²) in [5.74, 6) is 0.286. The quantitative estimate of drug-likeness (QED) is 0.695. The predicted molar refractivity (Wildman–Crippen MR) is 80.7 cm³/mol. The Morgan fingerprint density at radius 1 is 1.15 bits per heavy atom. The van der Waals surface area contributed by atoms with Crippen LogP contribution in [0.5, 0.6) is 0 Å². The van der Waals surface area contributed by atoms with Crippen LogP contribution in [0.3, 0.4) is 0 Å². The van der Waals surface area contributed by atoms with Crippen molar-refractivity contribution in [3.8, 4) is 0 Å². The lowest BCUT2D eigenvalue weighted by Gasteiger charge is -2.38. The molecule has 2 fully saturated rings. The number of carbonyl (C=O) groups is 1. The first-order valence-electron chi connectivity index (χ1n) is 8.37. The number of hydrogen-bond acceptors (Lipinski definition) is 3. The highest BCUT2D eigenvalue weighted by molar-refractivity contribution is 5.76. The van der Waals surface area contributed by atoms with Crippen molar-refractivity contribution in [2.75, 3.05) is 19.8 Å². The van der Waals surface area contributed by atoms with Gasteiger partial charge in [0.25, 0.3) is 0 Å². The zero-order valence-electron chi connectivity index (χ0n) is 13.1. The van der Waals surface area contributed by atoms with Crippen LogP contribution in [0.25, 0.3) is 0 Å². The molecule has 0 aromatic rings. The topological polar surface area (TPSA) is 41.6 Å². The molecular weight excluding hydrogens is 252 g/mol. The van der Waals surface area contributed by atoms with Gasteiger partial charge in [0, 0.05) is 31.3 Å². The average molecular weight is 282 g/mol. The number of piperidine rings is 1. The molecule has 2 heterocycles. The summed E-state index contributed by atoms with van der Waals surface area (Å²) in [6, 6.07) is 1.73. The van der Waals surface area contributed by atoms with Crippen molar-refractivity contribution in [3.63, 3.8) is 0 Å². The number of rotatable bonds is 8. The molecule has 0 spiro atoms. The van der Waals surface area contributed by atoms with E-state index in [0.29, 0.717) is 31.2 Å². The molecule has 2 rings (SSSR count). The van der Waals surface area contributed by atoms with Crippen LogP contribution < -0.4 is 5.32 Å². The molecule has 0 radical (unpaired) electrons. The largest absolute Gasteiger partial charge is 0.381 e. The number of amides is 1. The normalized spacial score (nSPS) is 28.6. The van der Waals surface area contributed by atoms with Gasteiger partial charge < -0.3 is 15.0 Å². The third kappa shape index (κ3) is 4.19. The van der Waals surface area contributed by atoms with Gasteiger partial charge in [-0.15, -0.1) is 0 Å². The highest BCUT2D eigenvalue weighted by Crippen LogP contribution is 2.30. The lowest BCUT2D eigenvalue weighted by atomic mass is 9.97. The van der Waals surface area contributed by atoms with E-state index in [1.807, 2.05) is 0 Å². The van der Waals surface area contributed by atoms with E-state index in [2.05, 4.69) is 24.1 Å². The van der Waals surface area contributed by atoms with Crippen molar-refractivity contribution in [2.24, 2.45) is 0 Å². The van der Waals surface area contributed by atoms with Gasteiger partial charge in [0.1, 0.15) is 0 Å². The lowest BCUT2D eigenvalue weighted by molar-refractivity contribution is -0.135. The highest BCUT2D eigenvalue weighted by Gasteiger charge is 2.37. The summed E-state index contributed by atoms with van der Waals surface area (Å²) in [5, 5.41) is 3.65. The van der Waals surface area contributed by atoms with Crippen molar-refractivity contribution >= 4 is 5.91 Å². The summed E-state index contributed by atoms with van der Waals surface area (Å²) >= 11 is 0. The molecule has 0 saturated carbocycles. The summed E-state index contributed by atoms with van der Waals surface area (Å²) < 4.78 is 5.46. The van der Waals surface area contributed by atoms with Gasteiger partial charge in [0.05, 0.1) is 13.0 Å². The number of hydrogen-bond donors (Lipinski definition) is 1. The third-order valence-corrected chi connectivity index (χ3v) is 4.48. The zero-order valence-corrected chi connectivity index (χ0v) is 13.1. The standard InChI is InChI=1S/C16H30N2O2/c1-3-8-18(16(19)7-10-20-9-4-2)15-11-13-5-6-14(12-15)17-13/h13-15,17H,3-12H2,1-2H3. The van der Waals surface area contributed by atoms with E-state index in [0.717, 1.165) is 38.8 Å². The summed E-state index contributed by atoms with van der Waals surface area (Å²) in [6.45, 7) is 6.49. The molecule has 4 nitrogen and oxygen atoms in total. The molecule has 116 valence electrons. The van der Waals surface area contributed by atoms with E-state index in [9.17, 15) is 4.79 Å². The Morgan fingerprint density at radius 2 is 1.85 bits per heavy atom. The van der Waals surface area contributed by atoms with Crippen LogP contribution in [0.4, 0.5) is 0 Å². The average Bonchev–Trinajstić information content (AvgIpc) is 2.79. The van der Waals surface area contributed by atoms with Gasteiger partial charge in [0.2, 0.25) is 5.91 Å². The highest BCUT2D eigenvalue weighted by atomic mass is 16.5. The number of nitrogens with one attached hydrogen (secondary N) is 1. The fraction of sp³-hybridized carbons (Fsp3) is 0.938. The molecule has 20 heavy (non-hydrogen) atoms. The zero-order chi connectivity index (χ0) is 14.4. The fourth-order valence-electron chi connectivity index (χ4n) is 3.58. The van der Waals surface area contributed by atoms with Crippen LogP contribution >= 0.6 is 0 Å². The summed E-state index contributed by atoms with van der Waals surface area (Å²) in [5.41, 5.74) is 0. The Hall–Kier alpha value is -0.610. The second-order valence-electron chi connectivity index (χ2n) is 6.21. The van der Waals surface area contributed by atoms with Crippen molar-refractivity contribution in [2.45, 2.75) is 76.9 Å². The minimum Gasteiger partial charge on any atom is -0.381 e. The van der Waals surface area contributed by atoms with E-state index in [1.165, 1.54) is 12.8 Å². The third-order valence-electron chi connectivity index (χ3n) is 4.48. The number of carbonyl (C=O) groups excluding carboxylic acids is 1. The van der Waals surface area contributed by atoms with Crippen LogP contribution in [-0.2, 0) is 9.53 Å². The first kappa shape index (κ1) is 15.8. The Morgan fingerprint density at radius 3 is 2.45 bits per heavy atom. The smallest absolute Gasteiger partial charge is 0.225 e. The Labute approximate surface area is 123 Å². The minimum absolute atomic E-state index is 0.286. The molecule has 1 N–H and O–H groups in total. The van der Waals surface area contributed by atoms with E-state index in [-0.39, 0.29) is 5.91 Å².